The summed E-state index contributed by atoms with van der Waals surface area (Å²) in [4.78, 5) is 7.32. The monoisotopic (exact) mass is 383 g/mol. The summed E-state index contributed by atoms with van der Waals surface area (Å²) in [6.07, 6.45) is 6.86. The first-order chi connectivity index (χ1) is 12.7. The van der Waals surface area contributed by atoms with Crippen molar-refractivity contribution in [2.45, 2.75) is 59.5 Å². The van der Waals surface area contributed by atoms with Crippen molar-refractivity contribution in [3.05, 3.63) is 58.9 Å². The molecule has 0 aliphatic carbocycles. The van der Waals surface area contributed by atoms with Gasteiger partial charge in [0.2, 0.25) is 0 Å². The molecule has 27 heavy (non-hydrogen) atoms. The number of halogens is 1. The summed E-state index contributed by atoms with van der Waals surface area (Å²) in [6, 6.07) is 11.0. The number of hydrogen-bond donors (Lipinski definition) is 0. The molecule has 0 N–H and O–H groups in total. The molecule has 1 aliphatic heterocycles. The highest BCUT2D eigenvalue weighted by Gasteiger charge is 2.22. The van der Waals surface area contributed by atoms with Crippen molar-refractivity contribution in [1.82, 2.24) is 9.55 Å². The zero-order valence-corrected chi connectivity index (χ0v) is 17.5. The van der Waals surface area contributed by atoms with Gasteiger partial charge in [0.1, 0.15) is 0 Å². The van der Waals surface area contributed by atoms with E-state index in [4.69, 9.17) is 4.98 Å². The van der Waals surface area contributed by atoms with Crippen LogP contribution < -0.4 is 4.90 Å². The summed E-state index contributed by atoms with van der Waals surface area (Å²) >= 11 is 0. The third-order valence-electron chi connectivity index (χ3n) is 5.94. The van der Waals surface area contributed by atoms with E-state index >= 15 is 0 Å². The van der Waals surface area contributed by atoms with Crippen LogP contribution in [0, 0.1) is 13.8 Å². The van der Waals surface area contributed by atoms with Gasteiger partial charge >= 0.3 is 0 Å². The number of nitrogens with zero attached hydrogens (tertiary/aromatic N) is 3. The molecule has 3 nitrogen and oxygen atoms in total. The Balaban J connectivity index is 0.00000210. The number of anilines is 1. The first kappa shape index (κ1) is 19.8. The van der Waals surface area contributed by atoms with Crippen molar-refractivity contribution in [3.63, 3.8) is 0 Å². The molecular weight excluding hydrogens is 354 g/mol. The Morgan fingerprint density at radius 1 is 1.04 bits per heavy atom. The Bertz CT molecular complexity index is 929. The number of pyridine rings is 1. The van der Waals surface area contributed by atoms with Gasteiger partial charge in [-0.2, -0.15) is 0 Å². The lowest BCUT2D eigenvalue weighted by atomic mass is 10.00. The maximum Gasteiger partial charge on any atom is 0.153 e. The van der Waals surface area contributed by atoms with Crippen molar-refractivity contribution in [3.8, 4) is 0 Å². The smallest absolute Gasteiger partial charge is 0.153 e. The molecule has 0 amide bonds. The van der Waals surface area contributed by atoms with Crippen molar-refractivity contribution < 1.29 is 0 Å². The topological polar surface area (TPSA) is 21.1 Å². The fourth-order valence-electron chi connectivity index (χ4n) is 4.28. The minimum Gasteiger partial charge on any atom is -0.350 e. The fourth-order valence-corrected chi connectivity index (χ4v) is 4.28. The highest BCUT2D eigenvalue weighted by atomic mass is 35.5. The second-order valence-corrected chi connectivity index (χ2v) is 7.54. The third-order valence-corrected chi connectivity index (χ3v) is 5.94. The quantitative estimate of drug-likeness (QED) is 0.517. The average Bonchev–Trinajstić information content (AvgIpc) is 2.93. The van der Waals surface area contributed by atoms with Crippen LogP contribution in [-0.2, 0) is 19.5 Å². The van der Waals surface area contributed by atoms with E-state index in [2.05, 4.69) is 60.6 Å². The van der Waals surface area contributed by atoms with E-state index in [9.17, 15) is 0 Å². The molecule has 3 aromatic rings. The second kappa shape index (κ2) is 8.35. The zero-order chi connectivity index (χ0) is 18.1. The maximum atomic E-state index is 4.85. The molecule has 3 heterocycles. The van der Waals surface area contributed by atoms with Crippen LogP contribution in [0.3, 0.4) is 0 Å². The zero-order valence-electron chi connectivity index (χ0n) is 16.7. The number of aromatic nitrogens is 2. The average molecular weight is 384 g/mol. The van der Waals surface area contributed by atoms with Crippen molar-refractivity contribution in [2.24, 2.45) is 0 Å². The van der Waals surface area contributed by atoms with E-state index < -0.39 is 0 Å². The van der Waals surface area contributed by atoms with Gasteiger partial charge in [0.05, 0.1) is 5.52 Å². The molecule has 0 bridgehead atoms. The fraction of sp³-hybridized carbons (Fsp3) is 0.435. The summed E-state index contributed by atoms with van der Waals surface area (Å²) in [5, 5.41) is 1.36. The molecular formula is C23H30ClN3. The van der Waals surface area contributed by atoms with Crippen LogP contribution in [0.5, 0.6) is 0 Å². The largest absolute Gasteiger partial charge is 0.350 e. The normalized spacial score (nSPS) is 13.5. The Kier molecular flexibility index (Phi) is 6.11. The Labute approximate surface area is 168 Å². The first-order valence-corrected chi connectivity index (χ1v) is 9.96. The van der Waals surface area contributed by atoms with Crippen LogP contribution >= 0.6 is 12.4 Å². The van der Waals surface area contributed by atoms with E-state index in [1.54, 1.807) is 0 Å². The van der Waals surface area contributed by atoms with E-state index in [0.29, 0.717) is 0 Å². The summed E-state index contributed by atoms with van der Waals surface area (Å²) in [5.74, 6) is 1.16. The second-order valence-electron chi connectivity index (χ2n) is 7.54. The van der Waals surface area contributed by atoms with Gasteiger partial charge in [-0.05, 0) is 49.4 Å². The lowest BCUT2D eigenvalue weighted by Crippen LogP contribution is -2.31. The van der Waals surface area contributed by atoms with Crippen molar-refractivity contribution in [1.29, 1.82) is 0 Å². The molecule has 0 radical (unpaired) electrons. The number of aryl methyl sites for hydroxylation is 2. The molecule has 0 spiro atoms. The summed E-state index contributed by atoms with van der Waals surface area (Å²) in [7, 11) is 0. The van der Waals surface area contributed by atoms with Gasteiger partial charge in [-0.15, -0.1) is 12.4 Å². The first-order valence-electron chi connectivity index (χ1n) is 9.96. The van der Waals surface area contributed by atoms with Gasteiger partial charge in [-0.25, -0.2) is 4.98 Å². The van der Waals surface area contributed by atoms with Gasteiger partial charge in [-0.3, -0.25) is 0 Å². The standard InChI is InChI=1S/C23H29N3.ClH/c1-4-5-8-14-26-18(3)17(2)21-11-13-24-23(22(21)26)25-15-12-19-9-6-7-10-20(19)16-25;/h6-7,9-11,13H,4-5,8,12,14-16H2,1-3H3;1H. The number of hydrogen-bond acceptors (Lipinski definition) is 2. The Morgan fingerprint density at radius 2 is 1.81 bits per heavy atom. The number of benzene rings is 1. The Hall–Kier alpha value is -2.00. The molecule has 1 aliphatic rings. The summed E-state index contributed by atoms with van der Waals surface area (Å²) in [6.45, 7) is 9.87. The van der Waals surface area contributed by atoms with E-state index in [1.807, 2.05) is 6.20 Å². The van der Waals surface area contributed by atoms with Crippen molar-refractivity contribution in [2.75, 3.05) is 11.4 Å². The molecule has 0 saturated carbocycles. The summed E-state index contributed by atoms with van der Waals surface area (Å²) in [5.41, 5.74) is 7.05. The van der Waals surface area contributed by atoms with Crippen LogP contribution in [0.15, 0.2) is 36.5 Å². The highest BCUT2D eigenvalue weighted by Crippen LogP contribution is 2.34. The molecule has 144 valence electrons. The number of fused-ring (bicyclic) bond motifs is 2. The van der Waals surface area contributed by atoms with Crippen LogP contribution in [-0.4, -0.2) is 16.1 Å². The summed E-state index contributed by atoms with van der Waals surface area (Å²) < 4.78 is 2.52. The SMILES string of the molecule is CCCCCn1c(C)c(C)c2ccnc(N3CCc4ccccc4C3)c21.Cl. The van der Waals surface area contributed by atoms with Gasteiger partial charge < -0.3 is 9.47 Å². The minimum absolute atomic E-state index is 0. The molecule has 0 saturated heterocycles. The molecule has 4 rings (SSSR count). The van der Waals surface area contributed by atoms with Gasteiger partial charge in [0.15, 0.2) is 5.82 Å². The minimum atomic E-state index is 0. The maximum absolute atomic E-state index is 4.85. The molecule has 0 fully saturated rings. The predicted octanol–water partition coefficient (Wildman–Crippen LogP) is 5.83. The van der Waals surface area contributed by atoms with Crippen LogP contribution in [0.2, 0.25) is 0 Å². The highest BCUT2D eigenvalue weighted by molar-refractivity contribution is 5.93. The molecule has 2 aromatic heterocycles. The number of unbranched alkanes of at least 4 members (excludes halogenated alkanes) is 2. The van der Waals surface area contributed by atoms with Gasteiger partial charge in [0, 0.05) is 36.9 Å². The molecule has 4 heteroatoms. The van der Waals surface area contributed by atoms with Crippen molar-refractivity contribution >= 4 is 29.1 Å². The van der Waals surface area contributed by atoms with E-state index in [1.165, 1.54) is 52.5 Å². The van der Waals surface area contributed by atoms with E-state index in [-0.39, 0.29) is 12.4 Å². The lowest BCUT2D eigenvalue weighted by Gasteiger charge is -2.30. The lowest BCUT2D eigenvalue weighted by molar-refractivity contribution is 0.604. The van der Waals surface area contributed by atoms with Crippen LogP contribution in [0.1, 0.15) is 48.6 Å². The van der Waals surface area contributed by atoms with Gasteiger partial charge in [0.25, 0.3) is 0 Å². The molecule has 1 aromatic carbocycles. The van der Waals surface area contributed by atoms with E-state index in [0.717, 1.165) is 31.9 Å². The Morgan fingerprint density at radius 3 is 2.59 bits per heavy atom. The third kappa shape index (κ3) is 3.58. The molecule has 0 atom stereocenters. The van der Waals surface area contributed by atoms with Crippen LogP contribution in [0.25, 0.3) is 10.9 Å². The molecule has 0 unspecified atom stereocenters. The van der Waals surface area contributed by atoms with Gasteiger partial charge in [-0.1, -0.05) is 44.0 Å². The van der Waals surface area contributed by atoms with Crippen LogP contribution in [0.4, 0.5) is 5.82 Å². The number of rotatable bonds is 5. The predicted molar refractivity (Wildman–Crippen MR) is 117 cm³/mol.